The lowest BCUT2D eigenvalue weighted by atomic mass is 9.97. The van der Waals surface area contributed by atoms with E-state index < -0.39 is 0 Å². The Kier molecular flexibility index (Phi) is 5.25. The second-order valence-corrected chi connectivity index (χ2v) is 10.3. The average molecular weight is 528 g/mol. The van der Waals surface area contributed by atoms with Crippen molar-refractivity contribution in [1.82, 2.24) is 14.5 Å². The quantitative estimate of drug-likeness (QED) is 0.240. The van der Waals surface area contributed by atoms with E-state index in [1.165, 1.54) is 10.8 Å². The molecule has 41 heavy (non-hydrogen) atoms. The van der Waals surface area contributed by atoms with Crippen LogP contribution in [0.15, 0.2) is 140 Å². The second kappa shape index (κ2) is 9.25. The third-order valence-corrected chi connectivity index (χ3v) is 7.87. The summed E-state index contributed by atoms with van der Waals surface area (Å²) in [5.41, 5.74) is 10.3. The second-order valence-electron chi connectivity index (χ2n) is 10.3. The Morgan fingerprint density at radius 2 is 1.22 bits per heavy atom. The van der Waals surface area contributed by atoms with E-state index in [0.29, 0.717) is 11.4 Å². The minimum absolute atomic E-state index is 0.204. The van der Waals surface area contributed by atoms with Crippen molar-refractivity contribution in [3.63, 3.8) is 0 Å². The molecule has 2 heterocycles. The van der Waals surface area contributed by atoms with Gasteiger partial charge in [-0.1, -0.05) is 97.1 Å². The minimum atomic E-state index is 0.204. The monoisotopic (exact) mass is 527 g/mol. The molecule has 194 valence electrons. The number of phenols is 1. The SMILES string of the molecule is Oc1ccccc1-c1nc2c(-c3cccc(-c4cccc5c4[nH]c4ccccc45)c3)cccc2n1-c1ccccc1. The molecule has 8 rings (SSSR count). The molecule has 4 heteroatoms. The number of aromatic amines is 1. The molecule has 0 atom stereocenters. The number of rotatable bonds is 4. The summed E-state index contributed by atoms with van der Waals surface area (Å²) >= 11 is 0. The smallest absolute Gasteiger partial charge is 0.149 e. The molecule has 0 spiro atoms. The first kappa shape index (κ1) is 23.3. The molecular weight excluding hydrogens is 502 g/mol. The van der Waals surface area contributed by atoms with Crippen molar-refractivity contribution < 1.29 is 5.11 Å². The number of phenolic OH excluding ortho intramolecular Hbond substituents is 1. The van der Waals surface area contributed by atoms with Crippen LogP contribution in [0.25, 0.3) is 72.2 Å². The van der Waals surface area contributed by atoms with E-state index in [1.54, 1.807) is 6.07 Å². The molecule has 0 saturated carbocycles. The number of benzene rings is 6. The average Bonchev–Trinajstić information content (AvgIpc) is 3.61. The number of hydrogen-bond donors (Lipinski definition) is 2. The molecule has 0 bridgehead atoms. The zero-order chi connectivity index (χ0) is 27.3. The van der Waals surface area contributed by atoms with Crippen LogP contribution >= 0.6 is 0 Å². The van der Waals surface area contributed by atoms with Gasteiger partial charge in [0.05, 0.1) is 22.1 Å². The molecular formula is C37H25N3O. The molecule has 2 N–H and O–H groups in total. The van der Waals surface area contributed by atoms with Crippen molar-refractivity contribution in [2.75, 3.05) is 0 Å². The fourth-order valence-electron chi connectivity index (χ4n) is 5.98. The molecule has 0 unspecified atom stereocenters. The molecule has 4 nitrogen and oxygen atoms in total. The van der Waals surface area contributed by atoms with Crippen LogP contribution in [0.4, 0.5) is 0 Å². The first-order chi connectivity index (χ1) is 20.3. The van der Waals surface area contributed by atoms with E-state index in [1.807, 2.05) is 36.4 Å². The Balaban J connectivity index is 1.35. The van der Waals surface area contributed by atoms with Gasteiger partial charge in [-0.2, -0.15) is 0 Å². The maximum absolute atomic E-state index is 10.8. The number of nitrogens with one attached hydrogen (secondary N) is 1. The Bertz CT molecular complexity index is 2220. The first-order valence-corrected chi connectivity index (χ1v) is 13.7. The van der Waals surface area contributed by atoms with Crippen LogP contribution in [0.2, 0.25) is 0 Å². The fraction of sp³-hybridized carbons (Fsp3) is 0. The number of aromatic hydroxyl groups is 1. The van der Waals surface area contributed by atoms with Gasteiger partial charge in [0.15, 0.2) is 0 Å². The zero-order valence-electron chi connectivity index (χ0n) is 22.1. The predicted molar refractivity (Wildman–Crippen MR) is 168 cm³/mol. The first-order valence-electron chi connectivity index (χ1n) is 13.7. The van der Waals surface area contributed by atoms with Crippen molar-refractivity contribution >= 4 is 32.8 Å². The van der Waals surface area contributed by atoms with Crippen LogP contribution in [-0.4, -0.2) is 19.6 Å². The van der Waals surface area contributed by atoms with Crippen LogP contribution in [0.5, 0.6) is 5.75 Å². The summed E-state index contributed by atoms with van der Waals surface area (Å²) in [6, 6.07) is 47.5. The number of para-hydroxylation sites is 5. The van der Waals surface area contributed by atoms with Gasteiger partial charge in [0, 0.05) is 33.1 Å². The predicted octanol–water partition coefficient (Wildman–Crippen LogP) is 9.37. The molecule has 0 aliphatic rings. The van der Waals surface area contributed by atoms with Crippen LogP contribution in [0.3, 0.4) is 0 Å². The molecule has 2 aromatic heterocycles. The molecule has 0 saturated heterocycles. The Labute approximate surface area is 236 Å². The molecule has 0 amide bonds. The van der Waals surface area contributed by atoms with E-state index in [4.69, 9.17) is 4.98 Å². The number of H-pyrrole nitrogens is 1. The molecule has 8 aromatic rings. The lowest BCUT2D eigenvalue weighted by Crippen LogP contribution is -1.97. The standard InChI is InChI=1S/C37H25N3O/c41-34-22-7-5-16-31(34)37-39-36-28(18-10-21-33(36)40(37)26-13-2-1-3-14-26)25-12-8-11-24(23-25)27-17-9-19-30-29-15-4-6-20-32(29)38-35(27)30/h1-23,38,41H. The lowest BCUT2D eigenvalue weighted by Gasteiger charge is -2.11. The summed E-state index contributed by atoms with van der Waals surface area (Å²) in [6.45, 7) is 0. The third-order valence-electron chi connectivity index (χ3n) is 7.87. The van der Waals surface area contributed by atoms with Crippen LogP contribution in [0, 0.1) is 0 Å². The lowest BCUT2D eigenvalue weighted by molar-refractivity contribution is 0.477. The van der Waals surface area contributed by atoms with Gasteiger partial charge in [0.1, 0.15) is 11.6 Å². The van der Waals surface area contributed by atoms with Gasteiger partial charge >= 0.3 is 0 Å². The van der Waals surface area contributed by atoms with Crippen LogP contribution in [0.1, 0.15) is 0 Å². The molecule has 0 radical (unpaired) electrons. The van der Waals surface area contributed by atoms with Crippen LogP contribution in [-0.2, 0) is 0 Å². The van der Waals surface area contributed by atoms with Crippen molar-refractivity contribution in [3.8, 4) is 45.1 Å². The summed E-state index contributed by atoms with van der Waals surface area (Å²) < 4.78 is 2.13. The summed E-state index contributed by atoms with van der Waals surface area (Å²) in [5.74, 6) is 0.908. The van der Waals surface area contributed by atoms with E-state index in [0.717, 1.165) is 50.0 Å². The van der Waals surface area contributed by atoms with Gasteiger partial charge < -0.3 is 10.1 Å². The highest BCUT2D eigenvalue weighted by Gasteiger charge is 2.19. The number of aromatic nitrogens is 3. The fourth-order valence-corrected chi connectivity index (χ4v) is 5.98. The van der Waals surface area contributed by atoms with E-state index in [2.05, 4.69) is 107 Å². The molecule has 6 aromatic carbocycles. The summed E-state index contributed by atoms with van der Waals surface area (Å²) in [4.78, 5) is 8.82. The highest BCUT2D eigenvalue weighted by molar-refractivity contribution is 6.12. The van der Waals surface area contributed by atoms with E-state index in [9.17, 15) is 5.11 Å². The van der Waals surface area contributed by atoms with E-state index >= 15 is 0 Å². The van der Waals surface area contributed by atoms with Crippen LogP contribution < -0.4 is 0 Å². The highest BCUT2D eigenvalue weighted by atomic mass is 16.3. The maximum atomic E-state index is 10.8. The normalized spacial score (nSPS) is 11.5. The summed E-state index contributed by atoms with van der Waals surface area (Å²) in [5, 5.41) is 13.2. The van der Waals surface area contributed by atoms with Gasteiger partial charge in [-0.15, -0.1) is 0 Å². The highest BCUT2D eigenvalue weighted by Crippen LogP contribution is 2.39. The van der Waals surface area contributed by atoms with Gasteiger partial charge in [-0.3, -0.25) is 4.57 Å². The van der Waals surface area contributed by atoms with Gasteiger partial charge in [-0.05, 0) is 53.6 Å². The van der Waals surface area contributed by atoms with Gasteiger partial charge in [0.2, 0.25) is 0 Å². The number of fused-ring (bicyclic) bond motifs is 4. The van der Waals surface area contributed by atoms with E-state index in [-0.39, 0.29) is 5.75 Å². The van der Waals surface area contributed by atoms with Gasteiger partial charge in [-0.25, -0.2) is 4.98 Å². The molecule has 0 aliphatic carbocycles. The Hall–Kier alpha value is -5.61. The van der Waals surface area contributed by atoms with Crippen molar-refractivity contribution in [2.45, 2.75) is 0 Å². The largest absolute Gasteiger partial charge is 0.507 e. The van der Waals surface area contributed by atoms with Gasteiger partial charge in [0.25, 0.3) is 0 Å². The summed E-state index contributed by atoms with van der Waals surface area (Å²) in [6.07, 6.45) is 0. The van der Waals surface area contributed by atoms with Crippen molar-refractivity contribution in [2.24, 2.45) is 0 Å². The third kappa shape index (κ3) is 3.73. The minimum Gasteiger partial charge on any atom is -0.507 e. The number of imidazole rings is 1. The number of nitrogens with zero attached hydrogens (tertiary/aromatic N) is 2. The van der Waals surface area contributed by atoms with Crippen molar-refractivity contribution in [1.29, 1.82) is 0 Å². The van der Waals surface area contributed by atoms with Crippen molar-refractivity contribution in [3.05, 3.63) is 140 Å². The molecule has 0 aliphatic heterocycles. The molecule has 0 fully saturated rings. The Morgan fingerprint density at radius 3 is 2.10 bits per heavy atom. The Morgan fingerprint density at radius 1 is 0.561 bits per heavy atom. The topological polar surface area (TPSA) is 53.8 Å². The summed E-state index contributed by atoms with van der Waals surface area (Å²) in [7, 11) is 0. The maximum Gasteiger partial charge on any atom is 0.149 e. The zero-order valence-corrected chi connectivity index (χ0v) is 22.1. The number of hydrogen-bond acceptors (Lipinski definition) is 2.